The predicted octanol–water partition coefficient (Wildman–Crippen LogP) is -0.0929. The first kappa shape index (κ1) is 13.9. The van der Waals surface area contributed by atoms with Crippen molar-refractivity contribution in [2.24, 2.45) is 11.8 Å². The van der Waals surface area contributed by atoms with Gasteiger partial charge in [0.25, 0.3) is 0 Å². The molecule has 0 aliphatic heterocycles. The van der Waals surface area contributed by atoms with Crippen LogP contribution in [0.25, 0.3) is 0 Å². The minimum absolute atomic E-state index is 0.302. The summed E-state index contributed by atoms with van der Waals surface area (Å²) in [5, 5.41) is 22.2. The van der Waals surface area contributed by atoms with E-state index in [2.05, 4.69) is 5.32 Å². The molecule has 0 saturated heterocycles. The van der Waals surface area contributed by atoms with Crippen LogP contribution < -0.4 is 5.32 Å². The lowest BCUT2D eigenvalue weighted by molar-refractivity contribution is 0.130. The third-order valence-corrected chi connectivity index (χ3v) is 3.41. The van der Waals surface area contributed by atoms with Gasteiger partial charge in [-0.2, -0.15) is 0 Å². The summed E-state index contributed by atoms with van der Waals surface area (Å²) in [7, 11) is 3.92. The van der Waals surface area contributed by atoms with E-state index in [1.54, 1.807) is 0 Å². The summed E-state index contributed by atoms with van der Waals surface area (Å²) < 4.78 is 0. The highest BCUT2D eigenvalue weighted by Gasteiger charge is 2.26. The van der Waals surface area contributed by atoms with Gasteiger partial charge in [0.2, 0.25) is 0 Å². The zero-order chi connectivity index (χ0) is 12.0. The Kier molecular flexibility index (Phi) is 6.28. The number of aliphatic hydroxyl groups excluding tert-OH is 2. The minimum Gasteiger partial charge on any atom is -0.396 e. The van der Waals surface area contributed by atoms with Crippen LogP contribution in [0.5, 0.6) is 0 Å². The van der Waals surface area contributed by atoms with Crippen molar-refractivity contribution in [2.75, 3.05) is 40.3 Å². The van der Waals surface area contributed by atoms with Crippen molar-refractivity contribution in [2.45, 2.75) is 25.4 Å². The van der Waals surface area contributed by atoms with E-state index in [1.165, 1.54) is 12.8 Å². The molecule has 0 aromatic carbocycles. The highest BCUT2D eigenvalue weighted by molar-refractivity contribution is 4.79. The normalized spacial score (nSPS) is 27.6. The fourth-order valence-electron chi connectivity index (χ4n) is 2.54. The van der Waals surface area contributed by atoms with E-state index >= 15 is 0 Å². The smallest absolute Gasteiger partial charge is 0.0791 e. The molecular weight excluding hydrogens is 204 g/mol. The fraction of sp³-hybridized carbons (Fsp3) is 1.00. The molecule has 1 aliphatic rings. The molecule has 1 saturated carbocycles. The summed E-state index contributed by atoms with van der Waals surface area (Å²) >= 11 is 0. The van der Waals surface area contributed by atoms with Gasteiger partial charge in [-0.05, 0) is 45.3 Å². The monoisotopic (exact) mass is 230 g/mol. The Hall–Kier alpha value is -0.160. The first-order valence-electron chi connectivity index (χ1n) is 6.28. The SMILES string of the molecule is CN(C)CC(O)CNCC1CCCC1CO. The van der Waals surface area contributed by atoms with E-state index in [9.17, 15) is 10.2 Å². The number of likely N-dealkylation sites (N-methyl/N-ethyl adjacent to an activating group) is 1. The average Bonchev–Trinajstić information content (AvgIpc) is 2.64. The first-order chi connectivity index (χ1) is 7.63. The van der Waals surface area contributed by atoms with E-state index < -0.39 is 0 Å². The first-order valence-corrected chi connectivity index (χ1v) is 6.28. The van der Waals surface area contributed by atoms with Gasteiger partial charge >= 0.3 is 0 Å². The van der Waals surface area contributed by atoms with Crippen LogP contribution in [0.4, 0.5) is 0 Å². The Balaban J connectivity index is 2.10. The van der Waals surface area contributed by atoms with E-state index in [1.807, 2.05) is 19.0 Å². The van der Waals surface area contributed by atoms with Crippen LogP contribution in [0.1, 0.15) is 19.3 Å². The largest absolute Gasteiger partial charge is 0.396 e. The summed E-state index contributed by atoms with van der Waals surface area (Å²) in [6.07, 6.45) is 3.30. The molecule has 0 amide bonds. The third-order valence-electron chi connectivity index (χ3n) is 3.41. The molecule has 0 spiro atoms. The van der Waals surface area contributed by atoms with E-state index in [-0.39, 0.29) is 6.10 Å². The summed E-state index contributed by atoms with van der Waals surface area (Å²) in [5.74, 6) is 1.06. The van der Waals surface area contributed by atoms with Gasteiger partial charge in [-0.1, -0.05) is 6.42 Å². The topological polar surface area (TPSA) is 55.7 Å². The lowest BCUT2D eigenvalue weighted by Gasteiger charge is -2.20. The standard InChI is InChI=1S/C12H26N2O2/c1-14(2)8-12(16)7-13-6-10-4-3-5-11(10)9-15/h10-13,15-16H,3-9H2,1-2H3. The van der Waals surface area contributed by atoms with E-state index in [4.69, 9.17) is 0 Å². The summed E-state index contributed by atoms with van der Waals surface area (Å²) in [6.45, 7) is 2.58. The van der Waals surface area contributed by atoms with Gasteiger partial charge in [0.1, 0.15) is 0 Å². The summed E-state index contributed by atoms with van der Waals surface area (Å²) in [5.41, 5.74) is 0. The zero-order valence-corrected chi connectivity index (χ0v) is 10.5. The van der Waals surface area contributed by atoms with Gasteiger partial charge in [0.05, 0.1) is 6.10 Å². The Morgan fingerprint density at radius 3 is 2.62 bits per heavy atom. The van der Waals surface area contributed by atoms with Crippen LogP contribution >= 0.6 is 0 Å². The van der Waals surface area contributed by atoms with Crippen LogP contribution in [0.15, 0.2) is 0 Å². The van der Waals surface area contributed by atoms with Crippen molar-refractivity contribution in [3.05, 3.63) is 0 Å². The fourth-order valence-corrected chi connectivity index (χ4v) is 2.54. The molecule has 3 atom stereocenters. The molecule has 3 N–H and O–H groups in total. The maximum atomic E-state index is 9.66. The van der Waals surface area contributed by atoms with Crippen molar-refractivity contribution in [3.63, 3.8) is 0 Å². The molecule has 3 unspecified atom stereocenters. The molecule has 1 fully saturated rings. The second-order valence-corrected chi connectivity index (χ2v) is 5.21. The molecule has 0 aromatic heterocycles. The highest BCUT2D eigenvalue weighted by Crippen LogP contribution is 2.30. The third kappa shape index (κ3) is 4.78. The van der Waals surface area contributed by atoms with Crippen molar-refractivity contribution in [3.8, 4) is 0 Å². The number of hydrogen-bond acceptors (Lipinski definition) is 4. The quantitative estimate of drug-likeness (QED) is 0.572. The Bertz CT molecular complexity index is 188. The van der Waals surface area contributed by atoms with E-state index in [0.717, 1.165) is 13.0 Å². The molecule has 1 rings (SSSR count). The predicted molar refractivity (Wildman–Crippen MR) is 65.3 cm³/mol. The Morgan fingerprint density at radius 2 is 2.00 bits per heavy atom. The van der Waals surface area contributed by atoms with Crippen molar-refractivity contribution in [1.29, 1.82) is 0 Å². The Morgan fingerprint density at radius 1 is 1.31 bits per heavy atom. The van der Waals surface area contributed by atoms with Crippen LogP contribution in [0, 0.1) is 11.8 Å². The molecule has 0 radical (unpaired) electrons. The second kappa shape index (κ2) is 7.22. The number of rotatable bonds is 7. The van der Waals surface area contributed by atoms with Gasteiger partial charge < -0.3 is 20.4 Å². The lowest BCUT2D eigenvalue weighted by atomic mass is 9.97. The average molecular weight is 230 g/mol. The highest BCUT2D eigenvalue weighted by atomic mass is 16.3. The zero-order valence-electron chi connectivity index (χ0n) is 10.5. The molecule has 96 valence electrons. The van der Waals surface area contributed by atoms with Crippen LogP contribution in [0.3, 0.4) is 0 Å². The van der Waals surface area contributed by atoms with Crippen LogP contribution in [-0.2, 0) is 0 Å². The minimum atomic E-state index is -0.302. The molecular formula is C12H26N2O2. The number of hydrogen-bond donors (Lipinski definition) is 3. The van der Waals surface area contributed by atoms with E-state index in [0.29, 0.717) is 31.5 Å². The van der Waals surface area contributed by atoms with Crippen molar-refractivity contribution < 1.29 is 10.2 Å². The van der Waals surface area contributed by atoms with Gasteiger partial charge in [0, 0.05) is 19.7 Å². The van der Waals surface area contributed by atoms with Gasteiger partial charge in [-0.15, -0.1) is 0 Å². The summed E-state index contributed by atoms with van der Waals surface area (Å²) in [4.78, 5) is 1.98. The van der Waals surface area contributed by atoms with Gasteiger partial charge in [0.15, 0.2) is 0 Å². The molecule has 4 heteroatoms. The van der Waals surface area contributed by atoms with Crippen molar-refractivity contribution >= 4 is 0 Å². The molecule has 4 nitrogen and oxygen atoms in total. The second-order valence-electron chi connectivity index (χ2n) is 5.21. The van der Waals surface area contributed by atoms with Crippen molar-refractivity contribution in [1.82, 2.24) is 10.2 Å². The Labute approximate surface area is 98.6 Å². The van der Waals surface area contributed by atoms with Crippen LogP contribution in [0.2, 0.25) is 0 Å². The maximum Gasteiger partial charge on any atom is 0.0791 e. The van der Waals surface area contributed by atoms with Crippen LogP contribution in [-0.4, -0.2) is 61.6 Å². The number of aliphatic hydroxyl groups is 2. The van der Waals surface area contributed by atoms with Gasteiger partial charge in [-0.3, -0.25) is 0 Å². The molecule has 0 heterocycles. The number of nitrogens with zero attached hydrogens (tertiary/aromatic N) is 1. The molecule has 0 bridgehead atoms. The summed E-state index contributed by atoms with van der Waals surface area (Å²) in [6, 6.07) is 0. The molecule has 16 heavy (non-hydrogen) atoms. The maximum absolute atomic E-state index is 9.66. The molecule has 1 aliphatic carbocycles. The molecule has 0 aromatic rings. The number of nitrogens with one attached hydrogen (secondary N) is 1. The lowest BCUT2D eigenvalue weighted by Crippen LogP contribution is -2.37. The van der Waals surface area contributed by atoms with Gasteiger partial charge in [-0.25, -0.2) is 0 Å².